The SMILES string of the molecule is O=C(CCC(=O)c1ccc(F)cc1)Nc1nc(-c2ccccc2)c(-c2ccc(Cl)cc2)s1. The predicted octanol–water partition coefficient (Wildman–Crippen LogP) is 6.87. The molecular formula is C25H18ClFN2O2S. The van der Waals surface area contributed by atoms with Crippen LogP contribution in [0.5, 0.6) is 0 Å². The Morgan fingerprint density at radius 3 is 2.25 bits per heavy atom. The highest BCUT2D eigenvalue weighted by molar-refractivity contribution is 7.19. The number of benzene rings is 3. The van der Waals surface area contributed by atoms with Gasteiger partial charge in [-0.05, 0) is 42.0 Å². The fraction of sp³-hybridized carbons (Fsp3) is 0.0800. The standard InChI is InChI=1S/C25H18ClFN2O2S/c26-19-10-6-18(7-11-19)24-23(17-4-2-1-3-5-17)29-25(32-24)28-22(31)15-14-21(30)16-8-12-20(27)13-9-16/h1-13H,14-15H2,(H,28,29,31). The number of carbonyl (C=O) groups excluding carboxylic acids is 2. The summed E-state index contributed by atoms with van der Waals surface area (Å²) in [7, 11) is 0. The molecule has 0 bridgehead atoms. The Balaban J connectivity index is 1.51. The van der Waals surface area contributed by atoms with Crippen LogP contribution in [0.4, 0.5) is 9.52 Å². The van der Waals surface area contributed by atoms with Crippen LogP contribution in [0.2, 0.25) is 5.02 Å². The molecule has 0 fully saturated rings. The third-order valence-electron chi connectivity index (χ3n) is 4.77. The number of rotatable bonds is 7. The van der Waals surface area contributed by atoms with Crippen molar-refractivity contribution >= 4 is 39.8 Å². The maximum Gasteiger partial charge on any atom is 0.226 e. The zero-order valence-corrected chi connectivity index (χ0v) is 18.4. The fourth-order valence-electron chi connectivity index (χ4n) is 3.15. The summed E-state index contributed by atoms with van der Waals surface area (Å²) in [5.74, 6) is -0.934. The molecule has 4 nitrogen and oxygen atoms in total. The first-order valence-corrected chi connectivity index (χ1v) is 11.1. The smallest absolute Gasteiger partial charge is 0.226 e. The summed E-state index contributed by atoms with van der Waals surface area (Å²) in [6.07, 6.45) is 0.0329. The highest BCUT2D eigenvalue weighted by atomic mass is 35.5. The second kappa shape index (κ2) is 9.85. The molecule has 0 saturated carbocycles. The second-order valence-electron chi connectivity index (χ2n) is 7.05. The van der Waals surface area contributed by atoms with E-state index in [1.807, 2.05) is 54.6 Å². The van der Waals surface area contributed by atoms with Crippen molar-refractivity contribution in [2.75, 3.05) is 5.32 Å². The van der Waals surface area contributed by atoms with Gasteiger partial charge in [-0.3, -0.25) is 9.59 Å². The lowest BCUT2D eigenvalue weighted by Gasteiger charge is -2.02. The number of anilines is 1. The van der Waals surface area contributed by atoms with E-state index >= 15 is 0 Å². The van der Waals surface area contributed by atoms with Crippen molar-refractivity contribution in [3.8, 4) is 21.7 Å². The molecule has 0 aliphatic heterocycles. The van der Waals surface area contributed by atoms with Gasteiger partial charge in [0.25, 0.3) is 0 Å². The summed E-state index contributed by atoms with van der Waals surface area (Å²) in [4.78, 5) is 30.3. The van der Waals surface area contributed by atoms with Crippen molar-refractivity contribution in [2.24, 2.45) is 0 Å². The lowest BCUT2D eigenvalue weighted by atomic mass is 10.1. The molecule has 0 saturated heterocycles. The van der Waals surface area contributed by atoms with Crippen LogP contribution >= 0.6 is 22.9 Å². The number of carbonyl (C=O) groups is 2. The molecule has 1 amide bonds. The maximum atomic E-state index is 13.0. The number of Topliss-reactive ketones (excluding diaryl/α,β-unsaturated/α-hetero) is 1. The molecule has 1 N–H and O–H groups in total. The van der Waals surface area contributed by atoms with Crippen LogP contribution in [0.3, 0.4) is 0 Å². The number of hydrogen-bond acceptors (Lipinski definition) is 4. The van der Waals surface area contributed by atoms with E-state index in [0.717, 1.165) is 21.7 Å². The number of amides is 1. The summed E-state index contributed by atoms with van der Waals surface area (Å²) in [5.41, 5.74) is 3.01. The normalized spacial score (nSPS) is 10.7. The van der Waals surface area contributed by atoms with Gasteiger partial charge in [-0.15, -0.1) is 0 Å². The lowest BCUT2D eigenvalue weighted by molar-refractivity contribution is -0.116. The first-order chi connectivity index (χ1) is 15.5. The molecule has 3 aromatic carbocycles. The molecule has 0 aliphatic carbocycles. The van der Waals surface area contributed by atoms with E-state index in [-0.39, 0.29) is 24.5 Å². The quantitative estimate of drug-likeness (QED) is 0.303. The van der Waals surface area contributed by atoms with Crippen molar-refractivity contribution in [3.63, 3.8) is 0 Å². The van der Waals surface area contributed by atoms with Crippen LogP contribution < -0.4 is 5.32 Å². The average Bonchev–Trinajstić information content (AvgIpc) is 3.22. The number of ketones is 1. The summed E-state index contributed by atoms with van der Waals surface area (Å²) in [6, 6.07) is 22.4. The number of nitrogens with zero attached hydrogens (tertiary/aromatic N) is 1. The Kier molecular flexibility index (Phi) is 6.73. The third-order valence-corrected chi connectivity index (χ3v) is 6.04. The molecule has 4 aromatic rings. The Labute approximate surface area is 193 Å². The van der Waals surface area contributed by atoms with Gasteiger partial charge in [0, 0.05) is 29.0 Å². The van der Waals surface area contributed by atoms with Crippen LogP contribution in [-0.2, 0) is 4.79 Å². The second-order valence-corrected chi connectivity index (χ2v) is 8.48. The molecular weight excluding hydrogens is 447 g/mol. The van der Waals surface area contributed by atoms with Crippen molar-refractivity contribution in [1.82, 2.24) is 4.98 Å². The molecule has 4 rings (SSSR count). The van der Waals surface area contributed by atoms with Gasteiger partial charge in [-0.1, -0.05) is 65.4 Å². The molecule has 0 unspecified atom stereocenters. The number of halogens is 2. The van der Waals surface area contributed by atoms with Crippen LogP contribution in [0.1, 0.15) is 23.2 Å². The van der Waals surface area contributed by atoms with E-state index in [2.05, 4.69) is 10.3 Å². The van der Waals surface area contributed by atoms with Crippen LogP contribution in [0, 0.1) is 5.82 Å². The Morgan fingerprint density at radius 1 is 0.875 bits per heavy atom. The molecule has 160 valence electrons. The minimum Gasteiger partial charge on any atom is -0.302 e. The minimum absolute atomic E-state index is 0.00668. The van der Waals surface area contributed by atoms with E-state index in [1.165, 1.54) is 35.6 Å². The minimum atomic E-state index is -0.409. The maximum absolute atomic E-state index is 13.0. The Bertz CT molecular complexity index is 1240. The molecule has 0 spiro atoms. The topological polar surface area (TPSA) is 59.1 Å². The first kappa shape index (κ1) is 21.9. The largest absolute Gasteiger partial charge is 0.302 e. The number of aromatic nitrogens is 1. The molecule has 1 heterocycles. The highest BCUT2D eigenvalue weighted by Gasteiger charge is 2.17. The molecule has 0 aliphatic rings. The monoisotopic (exact) mass is 464 g/mol. The summed E-state index contributed by atoms with van der Waals surface area (Å²) in [6.45, 7) is 0. The zero-order valence-electron chi connectivity index (χ0n) is 16.8. The van der Waals surface area contributed by atoms with Crippen LogP contribution in [0.15, 0.2) is 78.9 Å². The van der Waals surface area contributed by atoms with Gasteiger partial charge in [0.2, 0.25) is 5.91 Å². The van der Waals surface area contributed by atoms with Crippen LogP contribution in [-0.4, -0.2) is 16.7 Å². The van der Waals surface area contributed by atoms with Gasteiger partial charge in [0.15, 0.2) is 10.9 Å². The molecule has 32 heavy (non-hydrogen) atoms. The van der Waals surface area contributed by atoms with Gasteiger partial charge in [0.1, 0.15) is 5.82 Å². The van der Waals surface area contributed by atoms with E-state index in [9.17, 15) is 14.0 Å². The van der Waals surface area contributed by atoms with Gasteiger partial charge in [-0.25, -0.2) is 9.37 Å². The van der Waals surface area contributed by atoms with Crippen molar-refractivity contribution < 1.29 is 14.0 Å². The molecule has 1 aromatic heterocycles. The van der Waals surface area contributed by atoms with E-state index in [1.54, 1.807) is 0 Å². The summed E-state index contributed by atoms with van der Waals surface area (Å²) in [5, 5.41) is 3.89. The van der Waals surface area contributed by atoms with Gasteiger partial charge in [0.05, 0.1) is 10.6 Å². The first-order valence-electron chi connectivity index (χ1n) is 9.90. The van der Waals surface area contributed by atoms with Crippen molar-refractivity contribution in [2.45, 2.75) is 12.8 Å². The molecule has 0 atom stereocenters. The van der Waals surface area contributed by atoms with Crippen LogP contribution in [0.25, 0.3) is 21.7 Å². The summed E-state index contributed by atoms with van der Waals surface area (Å²) >= 11 is 7.39. The predicted molar refractivity (Wildman–Crippen MR) is 127 cm³/mol. The zero-order chi connectivity index (χ0) is 22.5. The third kappa shape index (κ3) is 5.28. The van der Waals surface area contributed by atoms with E-state index in [4.69, 9.17) is 11.6 Å². The number of thiazole rings is 1. The number of nitrogens with one attached hydrogen (secondary N) is 1. The fourth-order valence-corrected chi connectivity index (χ4v) is 4.29. The van der Waals surface area contributed by atoms with E-state index < -0.39 is 5.82 Å². The van der Waals surface area contributed by atoms with E-state index in [0.29, 0.717) is 15.7 Å². The van der Waals surface area contributed by atoms with Gasteiger partial charge < -0.3 is 5.32 Å². The highest BCUT2D eigenvalue weighted by Crippen LogP contribution is 2.39. The average molecular weight is 465 g/mol. The summed E-state index contributed by atoms with van der Waals surface area (Å²) < 4.78 is 13.0. The van der Waals surface area contributed by atoms with Gasteiger partial charge in [-0.2, -0.15) is 0 Å². The van der Waals surface area contributed by atoms with Crippen molar-refractivity contribution in [3.05, 3.63) is 95.3 Å². The van der Waals surface area contributed by atoms with Gasteiger partial charge >= 0.3 is 0 Å². The lowest BCUT2D eigenvalue weighted by Crippen LogP contribution is -2.13. The Hall–Kier alpha value is -3.35. The Morgan fingerprint density at radius 2 is 1.56 bits per heavy atom. The van der Waals surface area contributed by atoms with Crippen molar-refractivity contribution in [1.29, 1.82) is 0 Å². The molecule has 0 radical (unpaired) electrons. The number of hydrogen-bond donors (Lipinski definition) is 1. The molecule has 7 heteroatoms.